The second-order valence-corrected chi connectivity index (χ2v) is 6.95. The fraction of sp³-hybridized carbons (Fsp3) is 0.316. The van der Waals surface area contributed by atoms with Crippen molar-refractivity contribution in [1.82, 2.24) is 10.3 Å². The molecule has 126 valence electrons. The average Bonchev–Trinajstić information content (AvgIpc) is 3.03. The first kappa shape index (κ1) is 17.0. The minimum atomic E-state index is -0.794. The van der Waals surface area contributed by atoms with E-state index in [0.717, 1.165) is 30.5 Å². The van der Waals surface area contributed by atoms with Gasteiger partial charge in [0, 0.05) is 6.04 Å². The van der Waals surface area contributed by atoms with Gasteiger partial charge in [-0.2, -0.15) is 0 Å². The molecule has 0 saturated heterocycles. The van der Waals surface area contributed by atoms with Crippen LogP contribution in [0.1, 0.15) is 24.5 Å². The van der Waals surface area contributed by atoms with Gasteiger partial charge in [-0.3, -0.25) is 0 Å². The molecule has 0 aliphatic rings. The Bertz CT molecular complexity index is 816. The Labute approximate surface area is 144 Å². The molecule has 0 amide bonds. The van der Waals surface area contributed by atoms with Gasteiger partial charge in [0.15, 0.2) is 11.6 Å². The lowest BCUT2D eigenvalue weighted by Crippen LogP contribution is -2.29. The lowest BCUT2D eigenvalue weighted by molar-refractivity contribution is 0.501. The Hall–Kier alpha value is -1.85. The summed E-state index contributed by atoms with van der Waals surface area (Å²) < 4.78 is 27.4. The summed E-state index contributed by atoms with van der Waals surface area (Å²) in [6, 6.07) is 10.7. The van der Waals surface area contributed by atoms with Gasteiger partial charge in [0.25, 0.3) is 0 Å². The molecule has 0 bridgehead atoms. The third kappa shape index (κ3) is 4.36. The van der Waals surface area contributed by atoms with Crippen LogP contribution in [0.15, 0.2) is 41.9 Å². The number of aromatic nitrogens is 1. The molecule has 1 unspecified atom stereocenters. The predicted octanol–water partition coefficient (Wildman–Crippen LogP) is 4.73. The van der Waals surface area contributed by atoms with E-state index in [-0.39, 0.29) is 6.04 Å². The molecule has 5 heteroatoms. The molecule has 1 aromatic heterocycles. The Morgan fingerprint density at radius 2 is 1.92 bits per heavy atom. The fourth-order valence-electron chi connectivity index (χ4n) is 2.79. The number of aryl methyl sites for hydroxylation is 1. The van der Waals surface area contributed by atoms with E-state index < -0.39 is 11.6 Å². The van der Waals surface area contributed by atoms with Gasteiger partial charge in [-0.15, -0.1) is 11.3 Å². The highest BCUT2D eigenvalue weighted by Gasteiger charge is 2.07. The molecular formula is C19H20F2N2S. The van der Waals surface area contributed by atoms with Crippen LogP contribution in [0.2, 0.25) is 0 Å². The second kappa shape index (κ2) is 7.81. The van der Waals surface area contributed by atoms with Crippen LogP contribution in [0.3, 0.4) is 0 Å². The normalized spacial score (nSPS) is 12.6. The molecule has 2 aromatic carbocycles. The van der Waals surface area contributed by atoms with Crippen LogP contribution in [0.5, 0.6) is 0 Å². The van der Waals surface area contributed by atoms with E-state index in [4.69, 9.17) is 0 Å². The number of benzene rings is 2. The zero-order chi connectivity index (χ0) is 16.9. The summed E-state index contributed by atoms with van der Waals surface area (Å²) in [5, 5.41) is 3.44. The third-order valence-electron chi connectivity index (χ3n) is 4.06. The van der Waals surface area contributed by atoms with E-state index in [1.807, 2.05) is 5.51 Å². The van der Waals surface area contributed by atoms with E-state index in [9.17, 15) is 8.78 Å². The van der Waals surface area contributed by atoms with Gasteiger partial charge in [0.05, 0.1) is 15.7 Å². The molecule has 1 atom stereocenters. The van der Waals surface area contributed by atoms with Crippen LogP contribution in [0.25, 0.3) is 10.2 Å². The van der Waals surface area contributed by atoms with Crippen molar-refractivity contribution in [3.63, 3.8) is 0 Å². The van der Waals surface area contributed by atoms with Crippen molar-refractivity contribution in [3.8, 4) is 0 Å². The minimum Gasteiger partial charge on any atom is -0.314 e. The monoisotopic (exact) mass is 346 g/mol. The highest BCUT2D eigenvalue weighted by molar-refractivity contribution is 7.16. The minimum absolute atomic E-state index is 0.221. The van der Waals surface area contributed by atoms with Crippen LogP contribution >= 0.6 is 11.3 Å². The smallest absolute Gasteiger partial charge is 0.159 e. The first-order valence-electron chi connectivity index (χ1n) is 8.11. The van der Waals surface area contributed by atoms with Crippen molar-refractivity contribution in [2.75, 3.05) is 6.54 Å². The number of hydrogen-bond donors (Lipinski definition) is 1. The number of nitrogens with one attached hydrogen (secondary N) is 1. The molecule has 0 aliphatic heterocycles. The summed E-state index contributed by atoms with van der Waals surface area (Å²) in [7, 11) is 0. The fourth-order valence-corrected chi connectivity index (χ4v) is 3.53. The number of thiazole rings is 1. The van der Waals surface area contributed by atoms with Crippen molar-refractivity contribution in [1.29, 1.82) is 0 Å². The molecule has 3 aromatic rings. The number of fused-ring (bicyclic) bond motifs is 1. The van der Waals surface area contributed by atoms with Crippen LogP contribution in [-0.4, -0.2) is 17.6 Å². The van der Waals surface area contributed by atoms with Gasteiger partial charge >= 0.3 is 0 Å². The van der Waals surface area contributed by atoms with Crippen LogP contribution < -0.4 is 5.32 Å². The van der Waals surface area contributed by atoms with Crippen molar-refractivity contribution in [3.05, 3.63) is 64.7 Å². The van der Waals surface area contributed by atoms with Crippen LogP contribution in [-0.2, 0) is 12.8 Å². The molecule has 0 fully saturated rings. The Morgan fingerprint density at radius 1 is 1.08 bits per heavy atom. The van der Waals surface area contributed by atoms with Crippen LogP contribution in [0.4, 0.5) is 8.78 Å². The molecule has 1 N–H and O–H groups in total. The Kier molecular flexibility index (Phi) is 5.53. The summed E-state index contributed by atoms with van der Waals surface area (Å²) in [6.07, 6.45) is 2.73. The zero-order valence-electron chi connectivity index (χ0n) is 13.6. The summed E-state index contributed by atoms with van der Waals surface area (Å²) in [4.78, 5) is 4.29. The zero-order valence-corrected chi connectivity index (χ0v) is 14.4. The molecular weight excluding hydrogens is 326 g/mol. The summed E-state index contributed by atoms with van der Waals surface area (Å²) in [5.41, 5.74) is 5.06. The highest BCUT2D eigenvalue weighted by Crippen LogP contribution is 2.19. The average molecular weight is 346 g/mol. The van der Waals surface area contributed by atoms with Gasteiger partial charge in [-0.05, 0) is 68.1 Å². The summed E-state index contributed by atoms with van der Waals surface area (Å²) in [5.74, 6) is -1.57. The predicted molar refractivity (Wildman–Crippen MR) is 95.5 cm³/mol. The first-order chi connectivity index (χ1) is 11.6. The van der Waals surface area contributed by atoms with Crippen LogP contribution in [0, 0.1) is 11.6 Å². The molecule has 1 heterocycles. The largest absolute Gasteiger partial charge is 0.314 e. The molecule has 0 aliphatic carbocycles. The standard InChI is InChI=1S/C19H20F2N2S/c1-13(9-15-4-6-16(20)17(21)10-15)22-8-2-3-14-5-7-18-19(11-14)24-12-23-18/h4-7,10-13,22H,2-3,8-9H2,1H3. The maximum atomic E-state index is 13.2. The maximum absolute atomic E-state index is 13.2. The van der Waals surface area contributed by atoms with Crippen molar-refractivity contribution in [2.24, 2.45) is 0 Å². The number of hydrogen-bond acceptors (Lipinski definition) is 3. The van der Waals surface area contributed by atoms with Crippen molar-refractivity contribution >= 4 is 21.6 Å². The van der Waals surface area contributed by atoms with E-state index in [2.05, 4.69) is 35.4 Å². The van der Waals surface area contributed by atoms with Crippen molar-refractivity contribution in [2.45, 2.75) is 32.2 Å². The lowest BCUT2D eigenvalue weighted by Gasteiger charge is -2.14. The van der Waals surface area contributed by atoms with Gasteiger partial charge in [-0.25, -0.2) is 13.8 Å². The first-order valence-corrected chi connectivity index (χ1v) is 8.99. The number of rotatable bonds is 7. The van der Waals surface area contributed by atoms with Crippen molar-refractivity contribution < 1.29 is 8.78 Å². The molecule has 0 saturated carbocycles. The van der Waals surface area contributed by atoms with Gasteiger partial charge < -0.3 is 5.32 Å². The SMILES string of the molecule is CC(Cc1ccc(F)c(F)c1)NCCCc1ccc2ncsc2c1. The highest BCUT2D eigenvalue weighted by atomic mass is 32.1. The third-order valence-corrected chi connectivity index (χ3v) is 4.85. The molecule has 2 nitrogen and oxygen atoms in total. The molecule has 24 heavy (non-hydrogen) atoms. The van der Waals surface area contributed by atoms with Gasteiger partial charge in [0.1, 0.15) is 0 Å². The molecule has 0 spiro atoms. The number of halogens is 2. The summed E-state index contributed by atoms with van der Waals surface area (Å²) in [6.45, 7) is 2.95. The van der Waals surface area contributed by atoms with E-state index in [0.29, 0.717) is 6.42 Å². The Balaban J connectivity index is 1.43. The quantitative estimate of drug-likeness (QED) is 0.626. The molecule has 3 rings (SSSR count). The molecule has 0 radical (unpaired) electrons. The van der Waals surface area contributed by atoms with E-state index in [1.54, 1.807) is 17.4 Å². The van der Waals surface area contributed by atoms with E-state index >= 15 is 0 Å². The summed E-state index contributed by atoms with van der Waals surface area (Å²) >= 11 is 1.66. The number of nitrogens with zero attached hydrogens (tertiary/aromatic N) is 1. The lowest BCUT2D eigenvalue weighted by atomic mass is 10.1. The second-order valence-electron chi connectivity index (χ2n) is 6.07. The maximum Gasteiger partial charge on any atom is 0.159 e. The topological polar surface area (TPSA) is 24.9 Å². The van der Waals surface area contributed by atoms with Gasteiger partial charge in [-0.1, -0.05) is 12.1 Å². The van der Waals surface area contributed by atoms with Gasteiger partial charge in [0.2, 0.25) is 0 Å². The van der Waals surface area contributed by atoms with E-state index in [1.165, 1.54) is 22.4 Å². The Morgan fingerprint density at radius 3 is 2.75 bits per heavy atom.